The fourth-order valence-electron chi connectivity index (χ4n) is 5.34. The van der Waals surface area contributed by atoms with Crippen LogP contribution in [0.5, 0.6) is 0 Å². The molecule has 0 aliphatic heterocycles. The van der Waals surface area contributed by atoms with E-state index in [1.165, 1.54) is 71.9 Å². The Morgan fingerprint density at radius 2 is 1.55 bits per heavy atom. The predicted octanol–water partition coefficient (Wildman–Crippen LogP) is 7.84. The number of hydrogen-bond acceptors (Lipinski definition) is 2. The van der Waals surface area contributed by atoms with Crippen LogP contribution in [-0.2, 0) is 20.4 Å². The normalized spacial score (nSPS) is 16.5. The van der Waals surface area contributed by atoms with Crippen LogP contribution in [-0.4, -0.2) is 13.1 Å². The molecule has 0 heterocycles. The molecular formula is C29H36O2. The third-order valence-electron chi connectivity index (χ3n) is 7.64. The minimum atomic E-state index is -0.123. The molecule has 1 fully saturated rings. The van der Waals surface area contributed by atoms with Crippen molar-refractivity contribution < 1.29 is 9.53 Å². The summed E-state index contributed by atoms with van der Waals surface area (Å²) in [6.07, 6.45) is 8.99. The van der Waals surface area contributed by atoms with Crippen LogP contribution >= 0.6 is 0 Å². The van der Waals surface area contributed by atoms with Crippen molar-refractivity contribution in [3.63, 3.8) is 0 Å². The Morgan fingerprint density at radius 1 is 0.903 bits per heavy atom. The summed E-state index contributed by atoms with van der Waals surface area (Å²) in [6.45, 7) is 6.98. The van der Waals surface area contributed by atoms with Gasteiger partial charge in [0.25, 0.3) is 0 Å². The van der Waals surface area contributed by atoms with Crippen molar-refractivity contribution in [1.29, 1.82) is 0 Å². The SMILES string of the molecule is COC(=O)CCCC(C)(C)c1ccc2cc3cc(C4(C)CCCCC4)ccc3cc2c1. The second kappa shape index (κ2) is 8.65. The van der Waals surface area contributed by atoms with Crippen LogP contribution in [0.1, 0.15) is 83.3 Å². The van der Waals surface area contributed by atoms with Crippen molar-refractivity contribution in [2.24, 2.45) is 0 Å². The Labute approximate surface area is 187 Å². The minimum Gasteiger partial charge on any atom is -0.469 e. The molecule has 2 heteroatoms. The third kappa shape index (κ3) is 4.63. The van der Waals surface area contributed by atoms with Gasteiger partial charge in [0.1, 0.15) is 0 Å². The summed E-state index contributed by atoms with van der Waals surface area (Å²) in [5.41, 5.74) is 3.19. The Kier molecular flexibility index (Phi) is 6.10. The first-order chi connectivity index (χ1) is 14.8. The van der Waals surface area contributed by atoms with Gasteiger partial charge >= 0.3 is 5.97 Å². The molecule has 0 N–H and O–H groups in total. The molecule has 0 aromatic heterocycles. The highest BCUT2D eigenvalue weighted by atomic mass is 16.5. The average Bonchev–Trinajstić information content (AvgIpc) is 2.77. The van der Waals surface area contributed by atoms with Gasteiger partial charge in [0.2, 0.25) is 0 Å². The predicted molar refractivity (Wildman–Crippen MR) is 131 cm³/mol. The molecule has 3 aromatic carbocycles. The minimum absolute atomic E-state index is 0.0244. The quantitative estimate of drug-likeness (QED) is 0.302. The fraction of sp³-hybridized carbons (Fsp3) is 0.483. The number of methoxy groups -OCH3 is 1. The molecule has 3 aromatic rings. The molecule has 164 valence electrons. The number of benzene rings is 3. The van der Waals surface area contributed by atoms with Crippen LogP contribution in [0.25, 0.3) is 21.5 Å². The molecule has 0 saturated heterocycles. The van der Waals surface area contributed by atoms with Crippen molar-refractivity contribution in [3.05, 3.63) is 59.7 Å². The van der Waals surface area contributed by atoms with E-state index in [2.05, 4.69) is 69.3 Å². The molecule has 1 aliphatic rings. The first-order valence-corrected chi connectivity index (χ1v) is 11.9. The molecular weight excluding hydrogens is 380 g/mol. The van der Waals surface area contributed by atoms with Crippen molar-refractivity contribution in [2.75, 3.05) is 7.11 Å². The highest BCUT2D eigenvalue weighted by Crippen LogP contribution is 2.40. The smallest absolute Gasteiger partial charge is 0.305 e. The zero-order valence-corrected chi connectivity index (χ0v) is 19.6. The first kappa shape index (κ1) is 21.9. The zero-order chi connectivity index (χ0) is 22.1. The van der Waals surface area contributed by atoms with Gasteiger partial charge in [-0.25, -0.2) is 0 Å². The number of hydrogen-bond donors (Lipinski definition) is 0. The molecule has 1 aliphatic carbocycles. The van der Waals surface area contributed by atoms with E-state index in [4.69, 9.17) is 4.74 Å². The first-order valence-electron chi connectivity index (χ1n) is 11.9. The Hall–Kier alpha value is -2.35. The molecule has 1 saturated carbocycles. The maximum atomic E-state index is 11.5. The van der Waals surface area contributed by atoms with E-state index in [1.807, 2.05) is 0 Å². The molecule has 0 unspecified atom stereocenters. The van der Waals surface area contributed by atoms with Crippen LogP contribution in [0.3, 0.4) is 0 Å². The number of carbonyl (C=O) groups excluding carboxylic acids is 1. The van der Waals surface area contributed by atoms with Crippen LogP contribution in [0, 0.1) is 0 Å². The molecule has 0 bridgehead atoms. The van der Waals surface area contributed by atoms with Crippen molar-refractivity contribution in [3.8, 4) is 0 Å². The van der Waals surface area contributed by atoms with Gasteiger partial charge in [0.15, 0.2) is 0 Å². The van der Waals surface area contributed by atoms with Crippen molar-refractivity contribution in [1.82, 2.24) is 0 Å². The molecule has 0 amide bonds. The van der Waals surface area contributed by atoms with Crippen LogP contribution in [0.4, 0.5) is 0 Å². The monoisotopic (exact) mass is 416 g/mol. The largest absolute Gasteiger partial charge is 0.469 e. The molecule has 2 nitrogen and oxygen atoms in total. The second-order valence-corrected chi connectivity index (χ2v) is 10.4. The molecule has 0 atom stereocenters. The van der Waals surface area contributed by atoms with Crippen LogP contribution in [0.2, 0.25) is 0 Å². The number of esters is 1. The van der Waals surface area contributed by atoms with Gasteiger partial charge in [0, 0.05) is 6.42 Å². The standard InChI is InChI=1S/C29H36O2/c1-28(2,14-8-9-27(30)31-4)25-12-10-21-18-24-20-26(29(3)15-6-5-7-16-29)13-11-22(24)17-23(21)19-25/h10-13,17-20H,5-9,14-16H2,1-4H3. The van der Waals surface area contributed by atoms with Gasteiger partial charge in [-0.15, -0.1) is 0 Å². The lowest BCUT2D eigenvalue weighted by atomic mass is 9.71. The third-order valence-corrected chi connectivity index (χ3v) is 7.64. The van der Waals surface area contributed by atoms with Gasteiger partial charge in [-0.2, -0.15) is 0 Å². The van der Waals surface area contributed by atoms with Crippen LogP contribution in [0.15, 0.2) is 48.5 Å². The summed E-state index contributed by atoms with van der Waals surface area (Å²) < 4.78 is 4.78. The van der Waals surface area contributed by atoms with Gasteiger partial charge in [-0.05, 0) is 81.3 Å². The van der Waals surface area contributed by atoms with Gasteiger partial charge < -0.3 is 4.74 Å². The summed E-state index contributed by atoms with van der Waals surface area (Å²) in [5, 5.41) is 5.26. The summed E-state index contributed by atoms with van der Waals surface area (Å²) in [4.78, 5) is 11.5. The van der Waals surface area contributed by atoms with Crippen molar-refractivity contribution in [2.45, 2.75) is 83.0 Å². The molecule has 0 radical (unpaired) electrons. The second-order valence-electron chi connectivity index (χ2n) is 10.4. The summed E-state index contributed by atoms with van der Waals surface area (Å²) in [5.74, 6) is -0.123. The van der Waals surface area contributed by atoms with Crippen molar-refractivity contribution >= 4 is 27.5 Å². The summed E-state index contributed by atoms with van der Waals surface area (Å²) in [6, 6.07) is 18.7. The van der Waals surface area contributed by atoms with E-state index in [1.54, 1.807) is 0 Å². The van der Waals surface area contributed by atoms with Gasteiger partial charge in [0.05, 0.1) is 7.11 Å². The lowest BCUT2D eigenvalue weighted by Gasteiger charge is -2.34. The highest BCUT2D eigenvalue weighted by molar-refractivity contribution is 5.98. The lowest BCUT2D eigenvalue weighted by Crippen LogP contribution is -2.24. The van der Waals surface area contributed by atoms with E-state index in [9.17, 15) is 4.79 Å². The Balaban J connectivity index is 1.62. The maximum absolute atomic E-state index is 11.5. The summed E-state index contributed by atoms with van der Waals surface area (Å²) in [7, 11) is 1.46. The highest BCUT2D eigenvalue weighted by Gasteiger charge is 2.28. The Bertz CT molecular complexity index is 1090. The molecule has 31 heavy (non-hydrogen) atoms. The maximum Gasteiger partial charge on any atom is 0.305 e. The number of fused-ring (bicyclic) bond motifs is 2. The van der Waals surface area contributed by atoms with E-state index >= 15 is 0 Å². The van der Waals surface area contributed by atoms with Gasteiger partial charge in [-0.3, -0.25) is 4.79 Å². The molecule has 0 spiro atoms. The average molecular weight is 417 g/mol. The van der Waals surface area contributed by atoms with Gasteiger partial charge in [-0.1, -0.05) is 76.4 Å². The fourth-order valence-corrected chi connectivity index (χ4v) is 5.34. The van der Waals surface area contributed by atoms with E-state index in [0.717, 1.165) is 12.8 Å². The van der Waals surface area contributed by atoms with E-state index in [0.29, 0.717) is 11.8 Å². The topological polar surface area (TPSA) is 26.3 Å². The Morgan fingerprint density at radius 3 is 2.23 bits per heavy atom. The number of carbonyl (C=O) groups is 1. The number of rotatable bonds is 6. The van der Waals surface area contributed by atoms with E-state index in [-0.39, 0.29) is 11.4 Å². The molecule has 4 rings (SSSR count). The zero-order valence-electron chi connectivity index (χ0n) is 19.6. The number of ether oxygens (including phenoxy) is 1. The lowest BCUT2D eigenvalue weighted by molar-refractivity contribution is -0.140. The van der Waals surface area contributed by atoms with Crippen LogP contribution < -0.4 is 0 Å². The van der Waals surface area contributed by atoms with E-state index < -0.39 is 0 Å². The summed E-state index contributed by atoms with van der Waals surface area (Å²) >= 11 is 0.